The van der Waals surface area contributed by atoms with Gasteiger partial charge < -0.3 is 11.1 Å². The van der Waals surface area contributed by atoms with Crippen molar-refractivity contribution in [3.8, 4) is 22.4 Å². The number of halogens is 1. The van der Waals surface area contributed by atoms with Gasteiger partial charge in [-0.15, -0.1) is 0 Å². The van der Waals surface area contributed by atoms with Gasteiger partial charge in [0.05, 0.1) is 40.9 Å². The lowest BCUT2D eigenvalue weighted by Gasteiger charge is -2.23. The van der Waals surface area contributed by atoms with E-state index in [-0.39, 0.29) is 17.4 Å². The van der Waals surface area contributed by atoms with Crippen LogP contribution in [0.4, 0.5) is 0 Å². The number of nitrogens with zero attached hydrogens (tertiary/aromatic N) is 6. The summed E-state index contributed by atoms with van der Waals surface area (Å²) in [7, 11) is 3.51. The van der Waals surface area contributed by atoms with Crippen LogP contribution in [0.2, 0.25) is 5.02 Å². The number of pyridine rings is 1. The SMILES string of the molecule is CN=C1C(=CN)NC(=O)C(C)CCCC(n2cnc(-c3cc(Cl)ccc3-c3cn(C)nc3C)cc2=O)c2cc1ccn2. The Morgan fingerprint density at radius 1 is 1.10 bits per heavy atom. The van der Waals surface area contributed by atoms with Gasteiger partial charge >= 0.3 is 0 Å². The number of nitrogens with one attached hydrogen (secondary N) is 1. The van der Waals surface area contributed by atoms with Crippen LogP contribution in [-0.4, -0.2) is 43.0 Å². The van der Waals surface area contributed by atoms with Gasteiger partial charge in [-0.05, 0) is 49.6 Å². The lowest BCUT2D eigenvalue weighted by Crippen LogP contribution is -2.33. The van der Waals surface area contributed by atoms with Gasteiger partial charge in [-0.25, -0.2) is 4.98 Å². The van der Waals surface area contributed by atoms with Crippen molar-refractivity contribution in [1.82, 2.24) is 29.6 Å². The van der Waals surface area contributed by atoms with Crippen molar-refractivity contribution >= 4 is 23.2 Å². The Hall–Kier alpha value is -4.57. The van der Waals surface area contributed by atoms with Crippen LogP contribution in [0.1, 0.15) is 49.2 Å². The Kier molecular flexibility index (Phi) is 8.35. The highest BCUT2D eigenvalue weighted by atomic mass is 35.5. The molecule has 11 heteroatoms. The van der Waals surface area contributed by atoms with E-state index >= 15 is 0 Å². The maximum atomic E-state index is 13.8. The van der Waals surface area contributed by atoms with Crippen molar-refractivity contribution in [2.45, 2.75) is 39.2 Å². The average Bonchev–Trinajstić information content (AvgIpc) is 3.32. The van der Waals surface area contributed by atoms with E-state index in [2.05, 4.69) is 20.4 Å². The summed E-state index contributed by atoms with van der Waals surface area (Å²) in [5.74, 6) is -0.401. The summed E-state index contributed by atoms with van der Waals surface area (Å²) in [6.07, 6.45) is 8.43. The number of hydrogen-bond donors (Lipinski definition) is 2. The summed E-state index contributed by atoms with van der Waals surface area (Å²) in [6.45, 7) is 3.81. The first kappa shape index (κ1) is 28.9. The fourth-order valence-electron chi connectivity index (χ4n) is 5.42. The third kappa shape index (κ3) is 5.75. The lowest BCUT2D eigenvalue weighted by atomic mass is 9.96. The van der Waals surface area contributed by atoms with E-state index in [9.17, 15) is 9.59 Å². The highest BCUT2D eigenvalue weighted by Crippen LogP contribution is 2.34. The van der Waals surface area contributed by atoms with Crippen LogP contribution in [0.15, 0.2) is 76.8 Å². The number of amides is 1. The van der Waals surface area contributed by atoms with Gasteiger partial charge in [0.2, 0.25) is 5.91 Å². The molecular weight excluding hydrogens is 552 g/mol. The second kappa shape index (κ2) is 12.1. The molecule has 5 rings (SSSR count). The van der Waals surface area contributed by atoms with Crippen molar-refractivity contribution < 1.29 is 4.79 Å². The molecular formula is C31H33ClN8O2. The maximum absolute atomic E-state index is 13.8. The largest absolute Gasteiger partial charge is 0.403 e. The van der Waals surface area contributed by atoms with Crippen molar-refractivity contribution in [2.75, 3.05) is 7.05 Å². The quantitative estimate of drug-likeness (QED) is 0.366. The number of nitrogens with two attached hydrogens (primary N) is 1. The third-order valence-electron chi connectivity index (χ3n) is 7.59. The molecule has 10 nitrogen and oxygen atoms in total. The number of aliphatic imine (C=N–C) groups is 1. The number of aryl methyl sites for hydroxylation is 2. The Balaban J connectivity index is 1.60. The van der Waals surface area contributed by atoms with Crippen molar-refractivity contribution in [2.24, 2.45) is 23.7 Å². The van der Waals surface area contributed by atoms with Crippen molar-refractivity contribution in [3.63, 3.8) is 0 Å². The van der Waals surface area contributed by atoms with Gasteiger partial charge in [0, 0.05) is 66.4 Å². The molecule has 3 aromatic heterocycles. The van der Waals surface area contributed by atoms with E-state index < -0.39 is 6.04 Å². The molecule has 1 aliphatic rings. The first-order valence-corrected chi connectivity index (χ1v) is 14.1. The summed E-state index contributed by atoms with van der Waals surface area (Å²) < 4.78 is 3.36. The van der Waals surface area contributed by atoms with Crippen molar-refractivity contribution in [3.05, 3.63) is 99.3 Å². The molecule has 1 amide bonds. The minimum Gasteiger partial charge on any atom is -0.403 e. The zero-order chi connectivity index (χ0) is 30.0. The molecule has 42 heavy (non-hydrogen) atoms. The molecule has 0 fully saturated rings. The van der Waals surface area contributed by atoms with Gasteiger partial charge in [-0.3, -0.25) is 28.8 Å². The molecule has 0 saturated heterocycles. The summed E-state index contributed by atoms with van der Waals surface area (Å²) in [4.78, 5) is 40.4. The molecule has 4 aromatic rings. The first-order chi connectivity index (χ1) is 20.2. The van der Waals surface area contributed by atoms with E-state index in [0.29, 0.717) is 47.1 Å². The fraction of sp³-hybridized carbons (Fsp3) is 0.290. The van der Waals surface area contributed by atoms with Gasteiger partial charge in [0.1, 0.15) is 0 Å². The van der Waals surface area contributed by atoms with E-state index in [1.807, 2.05) is 51.4 Å². The maximum Gasteiger partial charge on any atom is 0.254 e. The molecule has 2 bridgehead atoms. The minimum atomic E-state index is -0.406. The molecule has 216 valence electrons. The molecule has 3 N–H and O–H groups in total. The minimum absolute atomic E-state index is 0.136. The Morgan fingerprint density at radius 2 is 1.90 bits per heavy atom. The topological polar surface area (TPSA) is 133 Å². The Morgan fingerprint density at radius 3 is 2.60 bits per heavy atom. The zero-order valence-electron chi connectivity index (χ0n) is 24.0. The predicted octanol–water partition coefficient (Wildman–Crippen LogP) is 4.41. The monoisotopic (exact) mass is 584 g/mol. The molecule has 1 aromatic carbocycles. The molecule has 2 atom stereocenters. The normalized spacial score (nSPS) is 19.8. The molecule has 2 unspecified atom stereocenters. The van der Waals surface area contributed by atoms with Crippen LogP contribution in [-0.2, 0) is 11.8 Å². The van der Waals surface area contributed by atoms with Crippen LogP contribution in [0.3, 0.4) is 0 Å². The van der Waals surface area contributed by atoms with Crippen LogP contribution < -0.4 is 16.6 Å². The summed E-state index contributed by atoms with van der Waals surface area (Å²) in [5, 5.41) is 7.92. The molecule has 0 aliphatic carbocycles. The molecule has 0 spiro atoms. The van der Waals surface area contributed by atoms with Gasteiger partial charge in [-0.1, -0.05) is 31.0 Å². The predicted molar refractivity (Wildman–Crippen MR) is 164 cm³/mol. The molecule has 0 saturated carbocycles. The lowest BCUT2D eigenvalue weighted by molar-refractivity contribution is -0.123. The summed E-state index contributed by atoms with van der Waals surface area (Å²) in [6, 6.07) is 10.4. The van der Waals surface area contributed by atoms with Gasteiger partial charge in [-0.2, -0.15) is 5.10 Å². The van der Waals surface area contributed by atoms with Crippen LogP contribution in [0.25, 0.3) is 22.4 Å². The second-order valence-corrected chi connectivity index (χ2v) is 10.9. The van der Waals surface area contributed by atoms with E-state index in [0.717, 1.165) is 27.9 Å². The van der Waals surface area contributed by atoms with Crippen LogP contribution in [0, 0.1) is 12.8 Å². The smallest absolute Gasteiger partial charge is 0.254 e. The van der Waals surface area contributed by atoms with Gasteiger partial charge in [0.25, 0.3) is 5.56 Å². The summed E-state index contributed by atoms with van der Waals surface area (Å²) in [5.41, 5.74) is 12.0. The average molecular weight is 585 g/mol. The third-order valence-corrected chi connectivity index (χ3v) is 7.83. The number of aromatic nitrogens is 5. The molecule has 1 aliphatic heterocycles. The Labute approximate surface area is 249 Å². The number of carbonyl (C=O) groups excluding carboxylic acids is 1. The number of benzene rings is 1. The molecule has 4 heterocycles. The fourth-order valence-corrected chi connectivity index (χ4v) is 5.59. The highest BCUT2D eigenvalue weighted by Gasteiger charge is 2.24. The Bertz CT molecular complexity index is 1770. The van der Waals surface area contributed by atoms with E-state index in [4.69, 9.17) is 22.3 Å². The number of allylic oxidation sites excluding steroid dienone is 1. The molecule has 0 radical (unpaired) electrons. The number of rotatable bonds is 3. The number of carbonyl (C=O) groups is 1. The highest BCUT2D eigenvalue weighted by molar-refractivity contribution is 6.31. The first-order valence-electron chi connectivity index (χ1n) is 13.7. The van der Waals surface area contributed by atoms with Gasteiger partial charge in [0.15, 0.2) is 0 Å². The standard InChI is InChI=1S/C31H33ClN8O2/c1-18-6-5-7-28(26-12-20(10-11-35-26)30(34-3)27(15-33)37-31(18)42)40-17-36-25(14-29(40)41)23-13-21(32)8-9-22(23)24-16-39(4)38-19(24)2/h8-18,28H,5-7,33H2,1-4H3,(H,37,42). The van der Waals surface area contributed by atoms with E-state index in [1.54, 1.807) is 34.9 Å². The van der Waals surface area contributed by atoms with Crippen LogP contribution in [0.5, 0.6) is 0 Å². The number of hydrogen-bond acceptors (Lipinski definition) is 7. The second-order valence-electron chi connectivity index (χ2n) is 10.5. The number of fused-ring (bicyclic) bond motifs is 2. The zero-order valence-corrected chi connectivity index (χ0v) is 24.8. The van der Waals surface area contributed by atoms with Crippen LogP contribution >= 0.6 is 11.6 Å². The summed E-state index contributed by atoms with van der Waals surface area (Å²) >= 11 is 6.39. The van der Waals surface area contributed by atoms with E-state index in [1.165, 1.54) is 12.3 Å². The van der Waals surface area contributed by atoms with Crippen molar-refractivity contribution in [1.29, 1.82) is 0 Å².